The highest BCUT2D eigenvalue weighted by molar-refractivity contribution is 8.26. The Balaban J connectivity index is 1.90. The number of thioether (sulfide) groups is 1. The molecule has 0 saturated carbocycles. The summed E-state index contributed by atoms with van der Waals surface area (Å²) in [6.45, 7) is 0. The Bertz CT molecular complexity index is 507. The van der Waals surface area contributed by atoms with Gasteiger partial charge in [-0.3, -0.25) is 4.79 Å². The zero-order chi connectivity index (χ0) is 11.8. The second-order valence-electron chi connectivity index (χ2n) is 4.29. The van der Waals surface area contributed by atoms with E-state index in [1.54, 1.807) is 0 Å². The summed E-state index contributed by atoms with van der Waals surface area (Å²) in [6.07, 6.45) is 6.67. The molecule has 0 unspecified atom stereocenters. The maximum atomic E-state index is 11.5. The number of amides is 1. The van der Waals surface area contributed by atoms with E-state index in [9.17, 15) is 4.79 Å². The van der Waals surface area contributed by atoms with Crippen LogP contribution < -0.4 is 5.32 Å². The first kappa shape index (κ1) is 11.0. The van der Waals surface area contributed by atoms with E-state index in [-0.39, 0.29) is 5.91 Å². The lowest BCUT2D eigenvalue weighted by molar-refractivity contribution is -0.115. The van der Waals surface area contributed by atoms with E-state index >= 15 is 0 Å². The van der Waals surface area contributed by atoms with Crippen LogP contribution in [0.3, 0.4) is 0 Å². The molecular weight excluding hydrogens is 252 g/mol. The molecule has 3 nitrogen and oxygen atoms in total. The van der Waals surface area contributed by atoms with E-state index in [0.29, 0.717) is 9.23 Å². The number of carbonyl (C=O) groups is 1. The Morgan fingerprint density at radius 3 is 2.88 bits per heavy atom. The van der Waals surface area contributed by atoms with Crippen LogP contribution in [0.1, 0.15) is 29.8 Å². The number of hydrogen-bond donors (Lipinski definition) is 2. The van der Waals surface area contributed by atoms with Crippen LogP contribution >= 0.6 is 24.0 Å². The predicted octanol–water partition coefficient (Wildman–Crippen LogP) is 2.38. The molecule has 17 heavy (non-hydrogen) atoms. The third kappa shape index (κ3) is 2.17. The Labute approximate surface area is 109 Å². The van der Waals surface area contributed by atoms with E-state index < -0.39 is 0 Å². The van der Waals surface area contributed by atoms with Crippen molar-refractivity contribution < 1.29 is 4.79 Å². The monoisotopic (exact) mass is 264 g/mol. The first-order valence-electron chi connectivity index (χ1n) is 5.68. The third-order valence-corrected chi connectivity index (χ3v) is 4.23. The second kappa shape index (κ2) is 4.31. The third-order valence-electron chi connectivity index (χ3n) is 3.06. The molecule has 1 aliphatic heterocycles. The van der Waals surface area contributed by atoms with Crippen molar-refractivity contribution in [3.05, 3.63) is 27.9 Å². The van der Waals surface area contributed by atoms with E-state index in [1.165, 1.54) is 35.9 Å². The minimum Gasteiger partial charge on any atom is -0.359 e. The van der Waals surface area contributed by atoms with Gasteiger partial charge >= 0.3 is 0 Å². The number of hydrogen-bond acceptors (Lipinski definition) is 3. The van der Waals surface area contributed by atoms with Crippen LogP contribution in [0.4, 0.5) is 0 Å². The number of carbonyl (C=O) groups excluding carboxylic acids is 1. The van der Waals surface area contributed by atoms with Gasteiger partial charge in [0.05, 0.1) is 4.91 Å². The normalized spacial score (nSPS) is 21.8. The van der Waals surface area contributed by atoms with E-state index in [0.717, 1.165) is 18.5 Å². The Morgan fingerprint density at radius 2 is 2.18 bits per heavy atom. The maximum absolute atomic E-state index is 11.5. The van der Waals surface area contributed by atoms with E-state index in [4.69, 9.17) is 12.2 Å². The standard InChI is InChI=1S/C12H12N2OS2/c15-11-10(17-12(16)14-11)6-8-5-7-3-1-2-4-9(7)13-8/h5-6,13H,1-4H2,(H,14,15,16)/b10-6-. The number of aromatic nitrogens is 1. The quantitative estimate of drug-likeness (QED) is 0.604. The molecule has 0 aromatic carbocycles. The number of H-pyrrole nitrogens is 1. The van der Waals surface area contributed by atoms with Gasteiger partial charge in [0.2, 0.25) is 0 Å². The van der Waals surface area contributed by atoms with Gasteiger partial charge in [-0.25, -0.2) is 0 Å². The molecule has 88 valence electrons. The van der Waals surface area contributed by atoms with Crippen molar-refractivity contribution in [2.24, 2.45) is 0 Å². The summed E-state index contributed by atoms with van der Waals surface area (Å²) in [7, 11) is 0. The molecule has 1 fully saturated rings. The lowest BCUT2D eigenvalue weighted by Gasteiger charge is -2.08. The van der Waals surface area contributed by atoms with Crippen molar-refractivity contribution in [2.45, 2.75) is 25.7 Å². The van der Waals surface area contributed by atoms with Crippen LogP contribution in [-0.4, -0.2) is 15.2 Å². The van der Waals surface area contributed by atoms with Crippen molar-refractivity contribution in [2.75, 3.05) is 0 Å². The van der Waals surface area contributed by atoms with Crippen LogP contribution in [-0.2, 0) is 17.6 Å². The highest BCUT2D eigenvalue weighted by Crippen LogP contribution is 2.28. The van der Waals surface area contributed by atoms with Crippen LogP contribution in [0.5, 0.6) is 0 Å². The van der Waals surface area contributed by atoms with Crippen LogP contribution in [0.2, 0.25) is 0 Å². The van der Waals surface area contributed by atoms with E-state index in [1.807, 2.05) is 6.08 Å². The Hall–Kier alpha value is -1.07. The summed E-state index contributed by atoms with van der Waals surface area (Å²) in [5.74, 6) is -0.0902. The average Bonchev–Trinajstić information content (AvgIpc) is 2.82. The maximum Gasteiger partial charge on any atom is 0.263 e. The zero-order valence-electron chi connectivity index (χ0n) is 9.21. The summed E-state index contributed by atoms with van der Waals surface area (Å²) in [6, 6.07) is 2.15. The molecule has 0 radical (unpaired) electrons. The molecule has 2 heterocycles. The summed E-state index contributed by atoms with van der Waals surface area (Å²) in [5.41, 5.74) is 3.74. The summed E-state index contributed by atoms with van der Waals surface area (Å²) >= 11 is 6.28. The highest BCUT2D eigenvalue weighted by Gasteiger charge is 2.22. The molecule has 0 bridgehead atoms. The molecular formula is C12H12N2OS2. The average molecular weight is 264 g/mol. The van der Waals surface area contributed by atoms with Crippen LogP contribution in [0.15, 0.2) is 11.0 Å². The highest BCUT2D eigenvalue weighted by atomic mass is 32.2. The van der Waals surface area contributed by atoms with E-state index in [2.05, 4.69) is 16.4 Å². The minimum absolute atomic E-state index is 0.0902. The van der Waals surface area contributed by atoms with Gasteiger partial charge in [0.15, 0.2) is 0 Å². The van der Waals surface area contributed by atoms with Gasteiger partial charge < -0.3 is 10.3 Å². The molecule has 1 aromatic rings. The second-order valence-corrected chi connectivity index (χ2v) is 6.01. The molecule has 0 atom stereocenters. The largest absolute Gasteiger partial charge is 0.359 e. The topological polar surface area (TPSA) is 44.9 Å². The van der Waals surface area contributed by atoms with Crippen molar-refractivity contribution in [1.82, 2.24) is 10.3 Å². The van der Waals surface area contributed by atoms with Gasteiger partial charge in [-0.15, -0.1) is 0 Å². The Morgan fingerprint density at radius 1 is 1.35 bits per heavy atom. The molecule has 0 spiro atoms. The summed E-state index contributed by atoms with van der Waals surface area (Å²) in [4.78, 5) is 15.6. The van der Waals surface area contributed by atoms with Crippen LogP contribution in [0, 0.1) is 0 Å². The van der Waals surface area contributed by atoms with Gasteiger partial charge in [-0.1, -0.05) is 24.0 Å². The fourth-order valence-electron chi connectivity index (χ4n) is 2.27. The SMILES string of the molecule is O=C1NC(=S)S/C1=C\c1cc2c([nH]1)CCCC2. The van der Waals surface area contributed by atoms with Crippen molar-refractivity contribution >= 4 is 40.3 Å². The molecule has 5 heteroatoms. The molecule has 3 rings (SSSR count). The van der Waals surface area contributed by atoms with Crippen LogP contribution in [0.25, 0.3) is 6.08 Å². The van der Waals surface area contributed by atoms with Crippen molar-refractivity contribution in [3.8, 4) is 0 Å². The zero-order valence-corrected chi connectivity index (χ0v) is 10.8. The number of nitrogens with one attached hydrogen (secondary N) is 2. The number of aromatic amines is 1. The molecule has 2 aliphatic rings. The summed E-state index contributed by atoms with van der Waals surface area (Å²) < 4.78 is 0.539. The van der Waals surface area contributed by atoms with Gasteiger partial charge in [0.25, 0.3) is 5.91 Å². The fourth-order valence-corrected chi connectivity index (χ4v) is 3.30. The van der Waals surface area contributed by atoms with Gasteiger partial charge in [0, 0.05) is 11.4 Å². The number of rotatable bonds is 1. The van der Waals surface area contributed by atoms with Gasteiger partial charge in [-0.2, -0.15) is 0 Å². The lowest BCUT2D eigenvalue weighted by atomic mass is 9.98. The van der Waals surface area contributed by atoms with Gasteiger partial charge in [0.1, 0.15) is 4.32 Å². The number of fused-ring (bicyclic) bond motifs is 1. The molecule has 2 N–H and O–H groups in total. The summed E-state index contributed by atoms with van der Waals surface area (Å²) in [5, 5.41) is 2.62. The number of thiocarbonyl (C=S) groups is 1. The number of aryl methyl sites for hydroxylation is 2. The first-order valence-corrected chi connectivity index (χ1v) is 6.90. The molecule has 1 aliphatic carbocycles. The molecule has 1 aromatic heterocycles. The van der Waals surface area contributed by atoms with Gasteiger partial charge in [-0.05, 0) is 43.4 Å². The van der Waals surface area contributed by atoms with Crippen molar-refractivity contribution in [1.29, 1.82) is 0 Å². The molecule has 1 amide bonds. The first-order chi connectivity index (χ1) is 8.22. The lowest BCUT2D eigenvalue weighted by Crippen LogP contribution is -2.17. The Kier molecular flexibility index (Phi) is 2.80. The fraction of sp³-hybridized carbons (Fsp3) is 0.333. The molecule has 1 saturated heterocycles. The predicted molar refractivity (Wildman–Crippen MR) is 73.7 cm³/mol. The van der Waals surface area contributed by atoms with Crippen molar-refractivity contribution in [3.63, 3.8) is 0 Å². The smallest absolute Gasteiger partial charge is 0.263 e. The minimum atomic E-state index is -0.0902.